The number of fused-ring (bicyclic) bond motifs is 9. The van der Waals surface area contributed by atoms with E-state index in [0.717, 1.165) is 89.8 Å². The second kappa shape index (κ2) is 19.8. The van der Waals surface area contributed by atoms with Gasteiger partial charge in [0.2, 0.25) is 0 Å². The first-order valence-corrected chi connectivity index (χ1v) is 22.0. The third kappa shape index (κ3) is 9.46. The normalized spacial score (nSPS) is 18.1. The molecule has 0 saturated carbocycles. The summed E-state index contributed by atoms with van der Waals surface area (Å²) in [5, 5.41) is 28.8. The Labute approximate surface area is 419 Å². The summed E-state index contributed by atoms with van der Waals surface area (Å²) >= 11 is 0. The molecule has 4 aliphatic rings. The number of rotatable bonds is 4. The Morgan fingerprint density at radius 1 is 0.515 bits per heavy atom. The van der Waals surface area contributed by atoms with E-state index < -0.39 is 0 Å². The van der Waals surface area contributed by atoms with E-state index in [1.807, 2.05) is 31.2 Å². The second-order valence-electron chi connectivity index (χ2n) is 17.2. The van der Waals surface area contributed by atoms with Crippen LogP contribution in [0.3, 0.4) is 0 Å². The van der Waals surface area contributed by atoms with E-state index in [1.165, 1.54) is 22.3 Å². The number of aryl methyl sites for hydroxylation is 5. The maximum Gasteiger partial charge on any atom is 0.141 e. The predicted octanol–water partition coefficient (Wildman–Crippen LogP) is 12.0. The summed E-state index contributed by atoms with van der Waals surface area (Å²) < 4.78 is 0. The van der Waals surface area contributed by atoms with Crippen molar-refractivity contribution >= 4 is 33.2 Å². The van der Waals surface area contributed by atoms with Gasteiger partial charge >= 0.3 is 0 Å². The van der Waals surface area contributed by atoms with Crippen LogP contribution in [0.2, 0.25) is 0 Å². The van der Waals surface area contributed by atoms with Crippen LogP contribution in [-0.4, -0.2) is 28.2 Å². The topological polar surface area (TPSA) is 89.5 Å². The van der Waals surface area contributed by atoms with Gasteiger partial charge in [-0.25, -0.2) is 4.98 Å². The van der Waals surface area contributed by atoms with Gasteiger partial charge in [-0.1, -0.05) is 215 Å². The van der Waals surface area contributed by atoms with Gasteiger partial charge in [-0.3, -0.25) is 0 Å². The molecule has 11 rings (SSSR count). The minimum Gasteiger partial charge on any atom is -0.678 e. The summed E-state index contributed by atoms with van der Waals surface area (Å²) in [4.78, 5) is 9.65. The molecule has 3 unspecified atom stereocenters. The second-order valence-corrected chi connectivity index (χ2v) is 17.2. The molecule has 0 spiro atoms. The summed E-state index contributed by atoms with van der Waals surface area (Å²) in [6.07, 6.45) is 11.9. The largest absolute Gasteiger partial charge is 0.678 e. The number of aromatic hydroxyl groups is 1. The van der Waals surface area contributed by atoms with Crippen molar-refractivity contribution in [2.75, 3.05) is 0 Å². The molecule has 322 valence electrons. The molecule has 6 heterocycles. The van der Waals surface area contributed by atoms with E-state index in [2.05, 4.69) is 172 Å². The summed E-state index contributed by atoms with van der Waals surface area (Å²) in [7, 11) is 0. The number of aromatic nitrogens is 2. The van der Waals surface area contributed by atoms with Crippen LogP contribution in [0.4, 0.5) is 0 Å². The summed E-state index contributed by atoms with van der Waals surface area (Å²) in [5.41, 5.74) is 18.3. The van der Waals surface area contributed by atoms with E-state index in [4.69, 9.17) is 20.9 Å². The molecule has 4 aliphatic heterocycles. The zero-order chi connectivity index (χ0) is 43.9. The van der Waals surface area contributed by atoms with Gasteiger partial charge in [0.1, 0.15) is 11.3 Å². The Morgan fingerprint density at radius 3 is 1.55 bits per heavy atom. The van der Waals surface area contributed by atoms with Crippen molar-refractivity contribution in [3.8, 4) is 5.75 Å². The fourth-order valence-corrected chi connectivity index (χ4v) is 9.00. The van der Waals surface area contributed by atoms with Crippen LogP contribution >= 0.6 is 0 Å². The van der Waals surface area contributed by atoms with Crippen LogP contribution in [0.1, 0.15) is 56.6 Å². The van der Waals surface area contributed by atoms with Crippen LogP contribution in [-0.2, 0) is 45.7 Å². The number of hydrogen-bond donors (Lipinski definition) is 1. The number of allylic oxidation sites excluding steroid dienone is 3. The molecule has 0 aliphatic carbocycles. The monoisotopic (exact) mass is 985 g/mol. The van der Waals surface area contributed by atoms with Gasteiger partial charge in [0.05, 0.1) is 0 Å². The van der Waals surface area contributed by atoms with Gasteiger partial charge in [0, 0.05) is 56.8 Å². The number of para-hydroxylation sites is 1. The zero-order valence-corrected chi connectivity index (χ0v) is 43.4. The maximum atomic E-state index is 9.43. The molecule has 0 amide bonds. The standard InChI is InChI=1S/C48H40N4.C10H9NO.Zn.Zr/c1-29-5-13-33(14-6-29)45-37-21-23-39(49-37)46(34-15-7-30(2)8-16-34)41-25-27-43(51-41)48(36-19-11-32(4)12-20-36)44-28-26-42(52-44)47(40-24-22-38(45)50-40)35-17-9-31(3)10-18-35;1-7-5-6-8-3-2-4-9(12)10(8)11-7;;/h5-27,38,41,44H,28H2,1-4H3;2-6,12H,1H3;;/q-4;;;. The fraction of sp³-hybridized carbons (Fsp3) is 0.155. The molecule has 8 heteroatoms. The Morgan fingerprint density at radius 2 is 1.00 bits per heavy atom. The molecule has 6 nitrogen and oxygen atoms in total. The van der Waals surface area contributed by atoms with Crippen LogP contribution in [0.15, 0.2) is 187 Å². The number of phenolic OH excluding ortho intramolecular Hbond substituents is 1. The fourth-order valence-electron chi connectivity index (χ4n) is 9.00. The van der Waals surface area contributed by atoms with Gasteiger partial charge in [0.25, 0.3) is 0 Å². The summed E-state index contributed by atoms with van der Waals surface area (Å²) in [6, 6.07) is 48.2. The number of pyridine rings is 1. The van der Waals surface area contributed by atoms with E-state index in [9.17, 15) is 5.11 Å². The molecule has 7 aromatic rings. The quantitative estimate of drug-likeness (QED) is 0.178. The number of hydrogen-bond acceptors (Lipinski definition) is 2. The van der Waals surface area contributed by atoms with E-state index in [-0.39, 0.29) is 69.6 Å². The number of nitrogens with zero attached hydrogens (tertiary/aromatic N) is 5. The summed E-state index contributed by atoms with van der Waals surface area (Å²) in [6.45, 7) is 10.4. The average molecular weight is 989 g/mol. The number of phenols is 1. The Balaban J connectivity index is 0.000000367. The molecule has 8 bridgehead atoms. The summed E-state index contributed by atoms with van der Waals surface area (Å²) in [5.74, 6) is 0.246. The maximum absolute atomic E-state index is 9.43. The Bertz CT molecular complexity index is 3210. The van der Waals surface area contributed by atoms with Crippen molar-refractivity contribution in [1.29, 1.82) is 0 Å². The molecule has 3 atom stereocenters. The smallest absolute Gasteiger partial charge is 0.141 e. The van der Waals surface area contributed by atoms with Crippen molar-refractivity contribution in [2.45, 2.75) is 59.2 Å². The number of benzene rings is 5. The molecular weight excluding hydrogens is 939 g/mol. The molecule has 5 aromatic carbocycles. The minimum atomic E-state index is -0.208. The van der Waals surface area contributed by atoms with Crippen molar-refractivity contribution in [2.24, 2.45) is 0 Å². The van der Waals surface area contributed by atoms with Crippen molar-refractivity contribution in [1.82, 2.24) is 9.97 Å². The first-order valence-electron chi connectivity index (χ1n) is 22.0. The van der Waals surface area contributed by atoms with Crippen LogP contribution < -0.4 is 15.7 Å². The van der Waals surface area contributed by atoms with Crippen LogP contribution in [0.5, 0.6) is 5.75 Å². The van der Waals surface area contributed by atoms with Gasteiger partial charge < -0.3 is 26.0 Å². The minimum absolute atomic E-state index is 0. The molecule has 66 heavy (non-hydrogen) atoms. The average Bonchev–Trinajstić information content (AvgIpc) is 4.15. The van der Waals surface area contributed by atoms with E-state index in [0.29, 0.717) is 5.52 Å². The van der Waals surface area contributed by atoms with E-state index in [1.54, 1.807) is 6.07 Å². The van der Waals surface area contributed by atoms with Crippen molar-refractivity contribution in [3.63, 3.8) is 0 Å². The molecule has 2 aromatic heterocycles. The van der Waals surface area contributed by atoms with Gasteiger partial charge in [0.15, 0.2) is 0 Å². The molecule has 0 fully saturated rings. The SMILES string of the molecule is Cc1ccc(C2=C3C=CC([N-]3)C(c3ccc(C)cc3)=c3ccc([n-]3)=C(c3ccc(C)cc3)C3C=CC(=C(c4ccc(C)cc4)C4CC=C2[N-]4)[N-]3)cc1.Cc1ccc2cccc(O)c2n1.[Zn].[Zr]. The van der Waals surface area contributed by atoms with E-state index >= 15 is 0 Å². The Kier molecular flexibility index (Phi) is 13.9. The van der Waals surface area contributed by atoms with Crippen LogP contribution in [0, 0.1) is 34.6 Å². The molecule has 0 radical (unpaired) electrons. The van der Waals surface area contributed by atoms with Crippen molar-refractivity contribution in [3.05, 3.63) is 264 Å². The van der Waals surface area contributed by atoms with Crippen molar-refractivity contribution < 1.29 is 50.8 Å². The van der Waals surface area contributed by atoms with Gasteiger partial charge in [-0.2, -0.15) is 0 Å². The molecule has 1 N–H and O–H groups in total. The predicted molar refractivity (Wildman–Crippen MR) is 263 cm³/mol. The van der Waals surface area contributed by atoms with Gasteiger partial charge in [-0.05, 0) is 81.0 Å². The third-order valence-corrected chi connectivity index (χ3v) is 12.4. The molecular formula is C58H49N5OZnZr-4. The third-order valence-electron chi connectivity index (χ3n) is 12.4. The zero-order valence-electron chi connectivity index (χ0n) is 38.0. The van der Waals surface area contributed by atoms with Crippen LogP contribution in [0.25, 0.3) is 49.1 Å². The Hall–Kier alpha value is -6.06. The van der Waals surface area contributed by atoms with Gasteiger partial charge in [-0.15, -0.1) is 27.8 Å². The first-order chi connectivity index (χ1) is 31.1. The molecule has 0 saturated heterocycles. The first kappa shape index (κ1) is 46.5.